The molecule has 1 aliphatic heterocycles. The van der Waals surface area contributed by atoms with Gasteiger partial charge in [0.25, 0.3) is 0 Å². The Morgan fingerprint density at radius 1 is 0.639 bits per heavy atom. The Labute approximate surface area is 210 Å². The minimum absolute atomic E-state index is 0.459. The molecule has 4 aromatic carbocycles. The monoisotopic (exact) mass is 467 g/mol. The summed E-state index contributed by atoms with van der Waals surface area (Å²) in [5.74, 6) is 2.74. The average molecular weight is 468 g/mol. The summed E-state index contributed by atoms with van der Waals surface area (Å²) in [5, 5.41) is 0. The molecule has 0 unspecified atom stereocenters. The molecule has 5 aromatic rings. The Morgan fingerprint density at radius 3 is 2.03 bits per heavy atom. The van der Waals surface area contributed by atoms with Crippen LogP contribution in [-0.4, -0.2) is 9.97 Å². The fourth-order valence-electron chi connectivity index (χ4n) is 5.34. The molecule has 0 N–H and O–H groups in total. The Bertz CT molecular complexity index is 1480. The van der Waals surface area contributed by atoms with E-state index >= 15 is 0 Å². The highest BCUT2D eigenvalue weighted by atomic mass is 16.5. The topological polar surface area (TPSA) is 38.2 Å². The van der Waals surface area contributed by atoms with E-state index in [0.29, 0.717) is 11.8 Å². The van der Waals surface area contributed by atoms with Crippen LogP contribution in [-0.2, 0) is 0 Å². The lowest BCUT2D eigenvalue weighted by atomic mass is 9.70. The minimum Gasteiger partial charge on any atom is -0.453 e. The van der Waals surface area contributed by atoms with E-state index in [9.17, 15) is 0 Å². The molecule has 0 spiro atoms. The van der Waals surface area contributed by atoms with Crippen LogP contribution in [0.15, 0.2) is 116 Å². The standard InChI is InChI=1S/C32H25N3O/c1-2-9-22(10-3-1)27-20-34-28(21-33-27)25-17-24(18-25)23-11-8-12-26(19-23)35-29-13-4-6-15-31(29)36-32-16-7-5-14-30(32)35/h1-16,19-21,24-25H,17-18H2. The summed E-state index contributed by atoms with van der Waals surface area (Å²) in [6, 6.07) is 35.6. The van der Waals surface area contributed by atoms with Gasteiger partial charge >= 0.3 is 0 Å². The SMILES string of the molecule is c1ccc(-c2cnc(C3CC(c4cccc(N5c6ccccc6Oc6ccccc65)c4)C3)cn2)cc1. The van der Waals surface area contributed by atoms with Gasteiger partial charge in [-0.05, 0) is 60.7 Å². The zero-order chi connectivity index (χ0) is 23.9. The summed E-state index contributed by atoms with van der Waals surface area (Å²) >= 11 is 0. The number of benzene rings is 4. The van der Waals surface area contributed by atoms with Crippen LogP contribution < -0.4 is 9.64 Å². The number of aromatic nitrogens is 2. The van der Waals surface area contributed by atoms with Crippen molar-refractivity contribution in [3.05, 3.63) is 127 Å². The lowest BCUT2D eigenvalue weighted by molar-refractivity contribution is 0.344. The number of hydrogen-bond acceptors (Lipinski definition) is 4. The molecule has 4 nitrogen and oxygen atoms in total. The Morgan fingerprint density at radius 2 is 1.33 bits per heavy atom. The largest absolute Gasteiger partial charge is 0.453 e. The molecule has 2 aliphatic rings. The summed E-state index contributed by atoms with van der Waals surface area (Å²) < 4.78 is 6.18. The summed E-state index contributed by atoms with van der Waals surface area (Å²) in [6.07, 6.45) is 6.06. The zero-order valence-corrected chi connectivity index (χ0v) is 19.8. The summed E-state index contributed by atoms with van der Waals surface area (Å²) in [4.78, 5) is 11.8. The number of para-hydroxylation sites is 4. The number of anilines is 3. The third kappa shape index (κ3) is 3.62. The van der Waals surface area contributed by atoms with E-state index < -0.39 is 0 Å². The van der Waals surface area contributed by atoms with Gasteiger partial charge in [0.1, 0.15) is 0 Å². The van der Waals surface area contributed by atoms with Gasteiger partial charge in [0, 0.05) is 23.4 Å². The first-order chi connectivity index (χ1) is 17.8. The van der Waals surface area contributed by atoms with E-state index in [1.807, 2.05) is 54.9 Å². The van der Waals surface area contributed by atoms with Gasteiger partial charge in [0.05, 0.1) is 29.0 Å². The maximum atomic E-state index is 6.18. The highest BCUT2D eigenvalue weighted by Gasteiger charge is 2.33. The molecule has 7 rings (SSSR count). The van der Waals surface area contributed by atoms with Crippen LogP contribution in [0.25, 0.3) is 11.3 Å². The maximum Gasteiger partial charge on any atom is 0.151 e. The van der Waals surface area contributed by atoms with E-state index in [-0.39, 0.29) is 0 Å². The fourth-order valence-corrected chi connectivity index (χ4v) is 5.34. The Kier molecular flexibility index (Phi) is 5.02. The van der Waals surface area contributed by atoms with Crippen molar-refractivity contribution in [3.63, 3.8) is 0 Å². The lowest BCUT2D eigenvalue weighted by Crippen LogP contribution is -2.22. The molecule has 1 aliphatic carbocycles. The van der Waals surface area contributed by atoms with Gasteiger partial charge < -0.3 is 9.64 Å². The second-order valence-corrected chi connectivity index (χ2v) is 9.53. The van der Waals surface area contributed by atoms with Crippen molar-refractivity contribution in [1.29, 1.82) is 0 Å². The van der Waals surface area contributed by atoms with Crippen LogP contribution in [0, 0.1) is 0 Å². The van der Waals surface area contributed by atoms with Crippen molar-refractivity contribution in [2.75, 3.05) is 4.90 Å². The number of ether oxygens (including phenoxy) is 1. The summed E-state index contributed by atoms with van der Waals surface area (Å²) in [5.41, 5.74) is 7.78. The molecule has 0 atom stereocenters. The van der Waals surface area contributed by atoms with Gasteiger partial charge in [0.15, 0.2) is 11.5 Å². The van der Waals surface area contributed by atoms with E-state index in [4.69, 9.17) is 9.72 Å². The first kappa shape index (κ1) is 20.9. The molecular weight excluding hydrogens is 442 g/mol. The Balaban J connectivity index is 1.13. The van der Waals surface area contributed by atoms with Crippen LogP contribution in [0.1, 0.15) is 35.9 Å². The maximum absolute atomic E-state index is 6.18. The molecule has 0 radical (unpaired) electrons. The van der Waals surface area contributed by atoms with Crippen LogP contribution in [0.4, 0.5) is 17.1 Å². The van der Waals surface area contributed by atoms with Gasteiger partial charge in [-0.2, -0.15) is 0 Å². The quantitative estimate of drug-likeness (QED) is 0.261. The second-order valence-electron chi connectivity index (χ2n) is 9.53. The molecule has 1 saturated carbocycles. The van der Waals surface area contributed by atoms with Crippen molar-refractivity contribution in [3.8, 4) is 22.8 Å². The van der Waals surface area contributed by atoms with E-state index in [2.05, 4.69) is 70.5 Å². The second kappa shape index (κ2) is 8.65. The van der Waals surface area contributed by atoms with E-state index in [1.165, 1.54) is 5.56 Å². The number of nitrogens with zero attached hydrogens (tertiary/aromatic N) is 3. The lowest BCUT2D eigenvalue weighted by Gasteiger charge is -2.36. The first-order valence-electron chi connectivity index (χ1n) is 12.5. The molecule has 0 amide bonds. The third-order valence-corrected chi connectivity index (χ3v) is 7.33. The normalized spacial score (nSPS) is 17.9. The van der Waals surface area contributed by atoms with Crippen molar-refractivity contribution in [2.45, 2.75) is 24.7 Å². The smallest absolute Gasteiger partial charge is 0.151 e. The number of hydrogen-bond donors (Lipinski definition) is 0. The Hall–Kier alpha value is -4.44. The van der Waals surface area contributed by atoms with Crippen LogP contribution in [0.2, 0.25) is 0 Å². The molecule has 174 valence electrons. The van der Waals surface area contributed by atoms with Crippen LogP contribution in [0.3, 0.4) is 0 Å². The highest BCUT2D eigenvalue weighted by molar-refractivity contribution is 5.86. The molecule has 36 heavy (non-hydrogen) atoms. The fraction of sp³-hybridized carbons (Fsp3) is 0.125. The predicted molar refractivity (Wildman–Crippen MR) is 143 cm³/mol. The van der Waals surface area contributed by atoms with Gasteiger partial charge in [-0.3, -0.25) is 9.97 Å². The van der Waals surface area contributed by atoms with Gasteiger partial charge in [-0.1, -0.05) is 66.7 Å². The molecular formula is C32H25N3O. The molecule has 0 saturated heterocycles. The molecule has 1 fully saturated rings. The number of rotatable bonds is 4. The van der Waals surface area contributed by atoms with E-state index in [0.717, 1.165) is 58.4 Å². The van der Waals surface area contributed by atoms with Crippen molar-refractivity contribution in [2.24, 2.45) is 0 Å². The molecule has 2 heterocycles. The number of fused-ring (bicyclic) bond motifs is 2. The molecule has 1 aromatic heterocycles. The minimum atomic E-state index is 0.459. The van der Waals surface area contributed by atoms with Crippen LogP contribution in [0.5, 0.6) is 11.5 Å². The third-order valence-electron chi connectivity index (χ3n) is 7.33. The summed E-state index contributed by atoms with van der Waals surface area (Å²) in [7, 11) is 0. The first-order valence-corrected chi connectivity index (χ1v) is 12.5. The summed E-state index contributed by atoms with van der Waals surface area (Å²) in [6.45, 7) is 0. The van der Waals surface area contributed by atoms with Crippen molar-refractivity contribution in [1.82, 2.24) is 9.97 Å². The zero-order valence-electron chi connectivity index (χ0n) is 19.8. The van der Waals surface area contributed by atoms with Crippen molar-refractivity contribution < 1.29 is 4.74 Å². The van der Waals surface area contributed by atoms with Gasteiger partial charge in [-0.25, -0.2) is 0 Å². The highest BCUT2D eigenvalue weighted by Crippen LogP contribution is 2.52. The average Bonchev–Trinajstić information content (AvgIpc) is 2.92. The molecule has 4 heteroatoms. The van der Waals surface area contributed by atoms with Gasteiger partial charge in [-0.15, -0.1) is 0 Å². The van der Waals surface area contributed by atoms with E-state index in [1.54, 1.807) is 0 Å². The van der Waals surface area contributed by atoms with Crippen LogP contribution >= 0.6 is 0 Å². The van der Waals surface area contributed by atoms with Gasteiger partial charge in [0.2, 0.25) is 0 Å². The van der Waals surface area contributed by atoms with Crippen molar-refractivity contribution >= 4 is 17.1 Å². The predicted octanol–water partition coefficient (Wildman–Crippen LogP) is 8.38. The molecule has 0 bridgehead atoms.